The van der Waals surface area contributed by atoms with Crippen LogP contribution in [-0.2, 0) is 4.79 Å². The molecule has 17 heavy (non-hydrogen) atoms. The van der Waals surface area contributed by atoms with Crippen LogP contribution in [-0.4, -0.2) is 18.9 Å². The summed E-state index contributed by atoms with van der Waals surface area (Å²) in [4.78, 5) is 13.6. The standard InChI is InChI=1S/C14H18ClNO/c1-11(17)14(15)12-5-7-13(8-6-12)16-9-3-2-4-10-16/h5-8,14H,2-4,9-10H2,1H3. The Morgan fingerprint density at radius 2 is 1.76 bits per heavy atom. The Labute approximate surface area is 108 Å². The summed E-state index contributed by atoms with van der Waals surface area (Å²) in [5.41, 5.74) is 2.13. The summed E-state index contributed by atoms with van der Waals surface area (Å²) in [7, 11) is 0. The van der Waals surface area contributed by atoms with Crippen LogP contribution in [0, 0.1) is 0 Å². The number of rotatable bonds is 3. The van der Waals surface area contributed by atoms with Gasteiger partial charge in [0.25, 0.3) is 0 Å². The smallest absolute Gasteiger partial charge is 0.152 e. The molecule has 0 bridgehead atoms. The van der Waals surface area contributed by atoms with Crippen molar-refractivity contribution in [2.75, 3.05) is 18.0 Å². The van der Waals surface area contributed by atoms with Gasteiger partial charge in [-0.15, -0.1) is 11.6 Å². The van der Waals surface area contributed by atoms with Crippen LogP contribution in [0.5, 0.6) is 0 Å². The molecule has 2 nitrogen and oxygen atoms in total. The average Bonchev–Trinajstić information content (AvgIpc) is 2.39. The van der Waals surface area contributed by atoms with E-state index in [-0.39, 0.29) is 5.78 Å². The highest BCUT2D eigenvalue weighted by molar-refractivity contribution is 6.30. The molecule has 1 saturated heterocycles. The third-order valence-electron chi connectivity index (χ3n) is 3.26. The summed E-state index contributed by atoms with van der Waals surface area (Å²) >= 11 is 6.02. The first-order chi connectivity index (χ1) is 8.18. The minimum absolute atomic E-state index is 0.00242. The number of carbonyl (C=O) groups excluding carboxylic acids is 1. The maximum atomic E-state index is 11.2. The third kappa shape index (κ3) is 3.01. The molecule has 1 atom stereocenters. The van der Waals surface area contributed by atoms with Crippen LogP contribution >= 0.6 is 11.6 Å². The molecule has 1 aliphatic heterocycles. The zero-order valence-electron chi connectivity index (χ0n) is 10.2. The number of Topliss-reactive ketones (excluding diaryl/α,β-unsaturated/α-hetero) is 1. The zero-order valence-corrected chi connectivity index (χ0v) is 10.9. The number of carbonyl (C=O) groups is 1. The van der Waals surface area contributed by atoms with Gasteiger partial charge in [0.05, 0.1) is 0 Å². The van der Waals surface area contributed by atoms with E-state index in [1.54, 1.807) is 0 Å². The van der Waals surface area contributed by atoms with Crippen LogP contribution in [0.4, 0.5) is 5.69 Å². The Bertz CT molecular complexity index is 382. The predicted octanol–water partition coefficient (Wildman–Crippen LogP) is 3.55. The minimum atomic E-state index is -0.509. The molecule has 1 aliphatic rings. The van der Waals surface area contributed by atoms with Crippen LogP contribution < -0.4 is 4.90 Å². The van der Waals surface area contributed by atoms with Crippen LogP contribution in [0.25, 0.3) is 0 Å². The largest absolute Gasteiger partial charge is 0.372 e. The number of anilines is 1. The maximum absolute atomic E-state index is 11.2. The molecule has 1 unspecified atom stereocenters. The lowest BCUT2D eigenvalue weighted by molar-refractivity contribution is -0.116. The molecule has 1 heterocycles. The fourth-order valence-corrected chi connectivity index (χ4v) is 2.39. The van der Waals surface area contributed by atoms with Crippen molar-refractivity contribution in [2.45, 2.75) is 31.6 Å². The molecule has 0 saturated carbocycles. The lowest BCUT2D eigenvalue weighted by atomic mass is 10.1. The van der Waals surface area contributed by atoms with E-state index < -0.39 is 5.38 Å². The summed E-state index contributed by atoms with van der Waals surface area (Å²) in [6.07, 6.45) is 3.88. The molecule has 0 aliphatic carbocycles. The van der Waals surface area contributed by atoms with E-state index in [1.165, 1.54) is 31.9 Å². The molecule has 92 valence electrons. The number of halogens is 1. The predicted molar refractivity (Wildman–Crippen MR) is 71.8 cm³/mol. The van der Waals surface area contributed by atoms with Gasteiger partial charge in [-0.25, -0.2) is 0 Å². The Hall–Kier alpha value is -1.02. The number of piperidine rings is 1. The van der Waals surface area contributed by atoms with E-state index in [2.05, 4.69) is 17.0 Å². The summed E-state index contributed by atoms with van der Waals surface area (Å²) < 4.78 is 0. The molecule has 1 aromatic rings. The Morgan fingerprint density at radius 1 is 1.18 bits per heavy atom. The lowest BCUT2D eigenvalue weighted by Gasteiger charge is -2.29. The second-order valence-electron chi connectivity index (χ2n) is 4.61. The molecule has 0 amide bonds. The number of nitrogens with zero attached hydrogens (tertiary/aromatic N) is 1. The fourth-order valence-electron chi connectivity index (χ4n) is 2.24. The van der Waals surface area contributed by atoms with Gasteiger partial charge in [0, 0.05) is 18.8 Å². The van der Waals surface area contributed by atoms with Gasteiger partial charge in [0.1, 0.15) is 5.38 Å². The summed E-state index contributed by atoms with van der Waals surface area (Å²) in [5, 5.41) is -0.509. The molecular weight excluding hydrogens is 234 g/mol. The van der Waals surface area contributed by atoms with Crippen LogP contribution in [0.15, 0.2) is 24.3 Å². The quantitative estimate of drug-likeness (QED) is 0.766. The van der Waals surface area contributed by atoms with Gasteiger partial charge in [-0.3, -0.25) is 4.79 Å². The first kappa shape index (κ1) is 12.4. The van der Waals surface area contributed by atoms with Gasteiger partial charge < -0.3 is 4.90 Å². The third-order valence-corrected chi connectivity index (χ3v) is 3.82. The molecule has 1 aromatic carbocycles. The highest BCUT2D eigenvalue weighted by atomic mass is 35.5. The van der Waals surface area contributed by atoms with E-state index >= 15 is 0 Å². The van der Waals surface area contributed by atoms with E-state index in [1.807, 2.05) is 12.1 Å². The molecule has 0 spiro atoms. The van der Waals surface area contributed by atoms with Gasteiger partial charge in [-0.05, 0) is 43.9 Å². The van der Waals surface area contributed by atoms with Crippen LogP contribution in [0.3, 0.4) is 0 Å². The minimum Gasteiger partial charge on any atom is -0.372 e. The van der Waals surface area contributed by atoms with E-state index in [0.717, 1.165) is 18.7 Å². The van der Waals surface area contributed by atoms with Crippen molar-refractivity contribution in [3.63, 3.8) is 0 Å². The Morgan fingerprint density at radius 3 is 2.29 bits per heavy atom. The van der Waals surface area contributed by atoms with Gasteiger partial charge in [0.15, 0.2) is 5.78 Å². The van der Waals surface area contributed by atoms with Gasteiger partial charge in [-0.2, -0.15) is 0 Å². The number of hydrogen-bond acceptors (Lipinski definition) is 2. The number of benzene rings is 1. The van der Waals surface area contributed by atoms with Crippen molar-refractivity contribution in [3.8, 4) is 0 Å². The lowest BCUT2D eigenvalue weighted by Crippen LogP contribution is -2.29. The van der Waals surface area contributed by atoms with E-state index in [0.29, 0.717) is 0 Å². The van der Waals surface area contributed by atoms with Crippen molar-refractivity contribution < 1.29 is 4.79 Å². The topological polar surface area (TPSA) is 20.3 Å². The number of hydrogen-bond donors (Lipinski definition) is 0. The SMILES string of the molecule is CC(=O)C(Cl)c1ccc(N2CCCCC2)cc1. The monoisotopic (exact) mass is 251 g/mol. The normalized spacial score (nSPS) is 17.9. The van der Waals surface area contributed by atoms with Crippen molar-refractivity contribution in [3.05, 3.63) is 29.8 Å². The fraction of sp³-hybridized carbons (Fsp3) is 0.500. The molecule has 0 radical (unpaired) electrons. The summed E-state index contributed by atoms with van der Waals surface area (Å²) in [6.45, 7) is 3.79. The summed E-state index contributed by atoms with van der Waals surface area (Å²) in [5.74, 6) is -0.00242. The first-order valence-electron chi connectivity index (χ1n) is 6.18. The van der Waals surface area contributed by atoms with Gasteiger partial charge in [-0.1, -0.05) is 12.1 Å². The number of alkyl halides is 1. The highest BCUT2D eigenvalue weighted by Gasteiger charge is 2.14. The van der Waals surface area contributed by atoms with Crippen LogP contribution in [0.2, 0.25) is 0 Å². The molecular formula is C14H18ClNO. The molecule has 0 aromatic heterocycles. The Balaban J connectivity index is 2.09. The average molecular weight is 252 g/mol. The number of ketones is 1. The zero-order chi connectivity index (χ0) is 12.3. The van der Waals surface area contributed by atoms with E-state index in [4.69, 9.17) is 11.6 Å². The van der Waals surface area contributed by atoms with Gasteiger partial charge >= 0.3 is 0 Å². The first-order valence-corrected chi connectivity index (χ1v) is 6.61. The molecule has 3 heteroatoms. The van der Waals surface area contributed by atoms with E-state index in [9.17, 15) is 4.79 Å². The maximum Gasteiger partial charge on any atom is 0.152 e. The summed E-state index contributed by atoms with van der Waals surface area (Å²) in [6, 6.07) is 8.06. The second-order valence-corrected chi connectivity index (χ2v) is 5.05. The van der Waals surface area contributed by atoms with Crippen molar-refractivity contribution in [1.82, 2.24) is 0 Å². The Kier molecular flexibility index (Phi) is 4.06. The molecule has 0 N–H and O–H groups in total. The van der Waals surface area contributed by atoms with Crippen molar-refractivity contribution in [1.29, 1.82) is 0 Å². The second kappa shape index (κ2) is 5.54. The molecule has 1 fully saturated rings. The van der Waals surface area contributed by atoms with Crippen LogP contribution in [0.1, 0.15) is 37.1 Å². The van der Waals surface area contributed by atoms with Gasteiger partial charge in [0.2, 0.25) is 0 Å². The van der Waals surface area contributed by atoms with Crippen molar-refractivity contribution in [2.24, 2.45) is 0 Å². The molecule has 2 rings (SSSR count). The van der Waals surface area contributed by atoms with Crippen molar-refractivity contribution >= 4 is 23.1 Å². The highest BCUT2D eigenvalue weighted by Crippen LogP contribution is 2.25.